The van der Waals surface area contributed by atoms with Crippen LogP contribution in [0.5, 0.6) is 0 Å². The number of halogens is 7. The summed E-state index contributed by atoms with van der Waals surface area (Å²) in [4.78, 5) is 104. The SMILES string of the molecule is CC1(C)CC(=O)CC(C)(C)C1.CC1(C)CC(C)(C)c2c([nH]c3cnc(C(=O)O)cc23)C1=O.CC1(C)CC(C)(C)c2c([nH]c3cnc(C(N)=O)cc23)C1=O.CC1(C)Cc2[nH]c3c(Cl)nc(Cl)cc3c2C(C)(C)C1.CC1(C)Cc2[nH]c3cnc(C#N)cc3c2C(C)(C)C1.CC1(C)Cc2[nH]c3cnc(Cl)cc3c2C(C)(C)C1.NNc1ccc(Cl)nc1Cl.Nc1ccc(Cl)nc1Cl. The first-order valence-electron chi connectivity index (χ1n) is 42.8. The van der Waals surface area contributed by atoms with E-state index in [0.717, 1.165) is 107 Å². The lowest BCUT2D eigenvalue weighted by atomic mass is 9.63. The maximum Gasteiger partial charge on any atom is 0.354 e. The second kappa shape index (κ2) is 35.8. The molecule has 1 saturated carbocycles. The quantitative estimate of drug-likeness (QED) is 0.0446. The number of anilines is 2. The first-order chi connectivity index (χ1) is 58.8. The number of nitrogens with zero attached hydrogens (tertiary/aromatic N) is 8. The lowest BCUT2D eigenvalue weighted by Crippen LogP contribution is -2.39. The van der Waals surface area contributed by atoms with Gasteiger partial charge in [0.15, 0.2) is 27.0 Å². The van der Waals surface area contributed by atoms with Gasteiger partial charge in [-0.1, -0.05) is 247 Å². The van der Waals surface area contributed by atoms with Crippen LogP contribution in [-0.4, -0.2) is 94.1 Å². The van der Waals surface area contributed by atoms with E-state index in [1.165, 1.54) is 63.6 Å². The molecule has 0 aliphatic heterocycles. The monoisotopic (exact) mass is 1880 g/mol. The van der Waals surface area contributed by atoms with Gasteiger partial charge in [0.25, 0.3) is 5.91 Å². The minimum absolute atomic E-state index is 0.00242. The molecule has 13 N–H and O–H groups in total. The molecule has 0 bridgehead atoms. The number of aromatic amines is 5. The predicted octanol–water partition coefficient (Wildman–Crippen LogP) is 25.4. The van der Waals surface area contributed by atoms with Gasteiger partial charge in [-0.3, -0.25) is 25.0 Å². The number of nitrogen functional groups attached to an aromatic ring is 2. The lowest BCUT2D eigenvalue weighted by Gasteiger charge is -2.40. The first kappa shape index (κ1) is 99.4. The summed E-state index contributed by atoms with van der Waals surface area (Å²) in [5, 5.41) is 26.1. The van der Waals surface area contributed by atoms with Crippen LogP contribution in [0.25, 0.3) is 54.5 Å². The van der Waals surface area contributed by atoms with Crippen molar-refractivity contribution in [3.8, 4) is 6.07 Å². The highest BCUT2D eigenvalue weighted by molar-refractivity contribution is 6.37. The van der Waals surface area contributed by atoms with E-state index in [-0.39, 0.29) is 71.2 Å². The molecule has 128 heavy (non-hydrogen) atoms. The summed E-state index contributed by atoms with van der Waals surface area (Å²) in [5.41, 5.74) is 31.1. The number of carbonyl (C=O) groups excluding carboxylic acids is 4. The van der Waals surface area contributed by atoms with E-state index < -0.39 is 22.7 Å². The summed E-state index contributed by atoms with van der Waals surface area (Å²) in [7, 11) is 0. The number of pyridine rings is 7. The molecule has 12 heterocycles. The molecule has 0 saturated heterocycles. The van der Waals surface area contributed by atoms with E-state index in [4.69, 9.17) is 109 Å². The summed E-state index contributed by atoms with van der Waals surface area (Å²) in [6, 6.07) is 17.7. The Morgan fingerprint density at radius 2 is 0.773 bits per heavy atom. The van der Waals surface area contributed by atoms with Gasteiger partial charge >= 0.3 is 5.97 Å². The average Bonchev–Trinajstić information content (AvgIpc) is 1.53. The number of hydrogen-bond donors (Lipinski definition) is 10. The first-order valence-corrected chi connectivity index (χ1v) is 45.5. The van der Waals surface area contributed by atoms with E-state index in [9.17, 15) is 24.0 Å². The Morgan fingerprint density at radius 1 is 0.406 bits per heavy atom. The molecule has 0 spiro atoms. The van der Waals surface area contributed by atoms with Gasteiger partial charge < -0.3 is 46.9 Å². The predicted molar refractivity (Wildman–Crippen MR) is 520 cm³/mol. The Labute approximate surface area is 784 Å². The largest absolute Gasteiger partial charge is 0.477 e. The summed E-state index contributed by atoms with van der Waals surface area (Å²) in [5.74, 6) is 4.07. The van der Waals surface area contributed by atoms with Crippen LogP contribution in [0.4, 0.5) is 11.4 Å². The molecule has 0 atom stereocenters. The molecule has 682 valence electrons. The van der Waals surface area contributed by atoms with Gasteiger partial charge in [-0.2, -0.15) is 5.26 Å². The number of aromatic carboxylic acids is 1. The van der Waals surface area contributed by atoms with E-state index in [1.807, 2.05) is 52.1 Å². The van der Waals surface area contributed by atoms with Crippen LogP contribution >= 0.6 is 81.2 Å². The fourth-order valence-corrected chi connectivity index (χ4v) is 24.0. The number of nitriles is 1. The number of rotatable bonds is 3. The summed E-state index contributed by atoms with van der Waals surface area (Å²) < 4.78 is 0. The van der Waals surface area contributed by atoms with Crippen LogP contribution in [0.1, 0.15) is 310 Å². The number of carboxylic acids is 1. The standard InChI is InChI=1S/C16H19N3O2.C16H19N3.C16H18N2O3.C15H18Cl2N2.C15H19ClN2.C10H18O.C5H5Cl2N3.C5H4Cl2N2/c1-15(2)7-16(3,4)13(20)12-11(15)8-5-9(14(17)21)18-6-10(8)19-12;1-15(2)6-12-14(16(3,4)9-15)11-5-10(7-17)18-8-13(11)19-12;1-15(2)7-16(3,4)13(19)12-11(15)8-5-9(14(20)21)17-6-10(8)18-12;1-14(2)6-9-11(15(3,4)7-14)8-5-10(16)19-13(17)12(8)18-9;1-14(2)6-10-13(15(3,4)8-14)9-5-12(16)17-7-11(9)18-10;1-9(2)5-8(11)6-10(3,4)7-9;6-4-2-1-3(10-8)5(7)9-4;6-4-2-1-3(8)5(7)9-4/h5-6,19H,7H2,1-4H3,(H2,17,21);5,8,19H,6,9H2,1-4H3;5-6,18H,7H2,1-4H3,(H,20,21);5,18H,6-7H2,1-4H3;5,7,18H,6,8H2,1-4H3;5-7H2,1-4H3;1-2,10H,8H2;1-2H,8H2. The molecule has 12 aromatic rings. The Morgan fingerprint density at radius 3 is 1.20 bits per heavy atom. The van der Waals surface area contributed by atoms with Crippen molar-refractivity contribution in [2.24, 2.45) is 49.5 Å². The van der Waals surface area contributed by atoms with Crippen molar-refractivity contribution in [1.82, 2.24) is 59.8 Å². The van der Waals surface area contributed by atoms with Gasteiger partial charge in [-0.15, -0.1) is 0 Å². The fraction of sp³-hybridized carbons (Fsp3) is 0.480. The summed E-state index contributed by atoms with van der Waals surface area (Å²) >= 11 is 40.4. The topological polar surface area (TPSA) is 389 Å². The number of nitrogens with one attached hydrogen (secondary N) is 6. The molecule has 1 fully saturated rings. The normalized spacial score (nSPS) is 19.2. The summed E-state index contributed by atoms with van der Waals surface area (Å²) in [6.07, 6.45) is 17.6. The van der Waals surface area contributed by atoms with Crippen molar-refractivity contribution in [2.75, 3.05) is 11.2 Å². The van der Waals surface area contributed by atoms with Crippen molar-refractivity contribution in [3.05, 3.63) is 189 Å². The third kappa shape index (κ3) is 21.8. The molecule has 23 nitrogen and oxygen atoms in total. The highest BCUT2D eigenvalue weighted by Gasteiger charge is 2.49. The number of Topliss-reactive ketones (excluding diaryl/α,β-unsaturated/α-hetero) is 3. The van der Waals surface area contributed by atoms with Crippen LogP contribution in [0, 0.1) is 49.2 Å². The number of fused-ring (bicyclic) bond motifs is 15. The molecule has 30 heteroatoms. The Balaban J connectivity index is 0.000000144. The number of primary amides is 1. The molecule has 6 aliphatic rings. The molecule has 18 rings (SSSR count). The number of nitrogens with two attached hydrogens (primary N) is 3. The second-order valence-corrected chi connectivity index (χ2v) is 46.4. The van der Waals surface area contributed by atoms with Crippen molar-refractivity contribution in [2.45, 2.75) is 264 Å². The van der Waals surface area contributed by atoms with Crippen LogP contribution in [0.15, 0.2) is 79.4 Å². The number of aromatic nitrogens is 12. The number of carbonyl (C=O) groups is 5. The summed E-state index contributed by atoms with van der Waals surface area (Å²) in [6.45, 7) is 52.8. The van der Waals surface area contributed by atoms with E-state index in [0.29, 0.717) is 81.8 Å². The Kier molecular flexibility index (Phi) is 27.8. The minimum Gasteiger partial charge on any atom is -0.477 e. The number of hydrogen-bond acceptors (Lipinski definition) is 16. The van der Waals surface area contributed by atoms with Gasteiger partial charge in [0, 0.05) is 67.7 Å². The minimum atomic E-state index is -1.06. The fourth-order valence-electron chi connectivity index (χ4n) is 22.6. The highest BCUT2D eigenvalue weighted by atomic mass is 35.5. The Hall–Kier alpha value is -9.22. The zero-order chi connectivity index (χ0) is 95.2. The van der Waals surface area contributed by atoms with Crippen LogP contribution < -0.4 is 22.7 Å². The van der Waals surface area contributed by atoms with Crippen molar-refractivity contribution in [3.63, 3.8) is 0 Å². The van der Waals surface area contributed by atoms with E-state index in [2.05, 4.69) is 210 Å². The molecule has 0 unspecified atom stereocenters. The maximum atomic E-state index is 12.7. The van der Waals surface area contributed by atoms with Gasteiger partial charge in [0.05, 0.1) is 75.1 Å². The number of amides is 1. The third-order valence-electron chi connectivity index (χ3n) is 24.9. The van der Waals surface area contributed by atoms with Gasteiger partial charge in [-0.25, -0.2) is 39.7 Å². The van der Waals surface area contributed by atoms with Crippen molar-refractivity contribution < 1.29 is 29.1 Å². The zero-order valence-electron chi connectivity index (χ0n) is 77.7. The van der Waals surface area contributed by atoms with Gasteiger partial charge in [0.1, 0.15) is 49.5 Å². The molecule has 1 amide bonds. The lowest BCUT2D eigenvalue weighted by molar-refractivity contribution is -0.127. The molecular formula is C98H120Cl7N17O6. The number of H-pyrrole nitrogens is 5. The number of ketones is 3. The molecule has 0 radical (unpaired) electrons. The van der Waals surface area contributed by atoms with Gasteiger partial charge in [0.2, 0.25) is 0 Å². The molecule has 12 aromatic heterocycles. The van der Waals surface area contributed by atoms with Crippen molar-refractivity contribution >= 4 is 176 Å². The number of carboxylic acid groups (broad SMARTS) is 1. The van der Waals surface area contributed by atoms with E-state index >= 15 is 0 Å². The number of hydrazine groups is 1. The van der Waals surface area contributed by atoms with E-state index in [1.54, 1.807) is 48.8 Å². The third-order valence-corrected chi connectivity index (χ3v) is 26.6. The zero-order valence-corrected chi connectivity index (χ0v) is 83.0. The molecule has 0 aromatic carbocycles. The van der Waals surface area contributed by atoms with Crippen molar-refractivity contribution in [1.29, 1.82) is 5.26 Å². The van der Waals surface area contributed by atoms with Gasteiger partial charge in [-0.05, 0) is 194 Å². The smallest absolute Gasteiger partial charge is 0.354 e. The Bertz CT molecular complexity index is 6270. The average molecular weight is 1880 g/mol. The van der Waals surface area contributed by atoms with Crippen LogP contribution in [-0.2, 0) is 51.1 Å². The maximum absolute atomic E-state index is 12.7. The van der Waals surface area contributed by atoms with Crippen LogP contribution in [0.2, 0.25) is 36.1 Å². The highest BCUT2D eigenvalue weighted by Crippen LogP contribution is 2.55. The second-order valence-electron chi connectivity index (χ2n) is 43.8. The molecular weight excluding hydrogens is 1760 g/mol. The molecule has 6 aliphatic carbocycles. The van der Waals surface area contributed by atoms with Crippen LogP contribution in [0.3, 0.4) is 0 Å².